The number of sulfonamides is 1. The molecule has 2 saturated heterocycles. The lowest BCUT2D eigenvalue weighted by atomic mass is 9.85. The van der Waals surface area contributed by atoms with E-state index in [9.17, 15) is 27.6 Å². The number of imide groups is 1. The molecular weight excluding hydrogens is 858 g/mol. The Morgan fingerprint density at radius 1 is 0.891 bits per heavy atom. The number of aryl methyl sites for hydroxylation is 2. The summed E-state index contributed by atoms with van der Waals surface area (Å²) in [7, 11) is -2.04. The first-order valence-electron chi connectivity index (χ1n) is 22.7. The summed E-state index contributed by atoms with van der Waals surface area (Å²) in [5.41, 5.74) is 4.08. The molecule has 9 rings (SSSR count). The summed E-state index contributed by atoms with van der Waals surface area (Å²) in [4.78, 5) is 62.5. The van der Waals surface area contributed by atoms with E-state index in [4.69, 9.17) is 21.3 Å². The Kier molecular flexibility index (Phi) is 12.8. The molecule has 5 aromatic rings. The van der Waals surface area contributed by atoms with Crippen LogP contribution in [0.5, 0.6) is 0 Å². The van der Waals surface area contributed by atoms with Crippen LogP contribution in [0.2, 0.25) is 5.02 Å². The van der Waals surface area contributed by atoms with E-state index >= 15 is 0 Å². The number of hydrogen-bond donors (Lipinski definition) is 3. The van der Waals surface area contributed by atoms with Crippen LogP contribution in [0, 0.1) is 12.8 Å². The zero-order chi connectivity index (χ0) is 44.7. The number of ether oxygens (including phenoxy) is 1. The maximum absolute atomic E-state index is 13.3. The van der Waals surface area contributed by atoms with Gasteiger partial charge in [0.25, 0.3) is 5.56 Å². The predicted octanol–water partition coefficient (Wildman–Crippen LogP) is 5.98. The van der Waals surface area contributed by atoms with Crippen LogP contribution in [0.15, 0.2) is 63.1 Å². The van der Waals surface area contributed by atoms with Gasteiger partial charge < -0.3 is 15.0 Å². The van der Waals surface area contributed by atoms with Gasteiger partial charge in [-0.2, -0.15) is 4.98 Å². The van der Waals surface area contributed by atoms with E-state index in [0.29, 0.717) is 58.6 Å². The Morgan fingerprint density at radius 2 is 1.66 bits per heavy atom. The minimum absolute atomic E-state index is 0.0390. The number of aromatic nitrogens is 5. The fourth-order valence-corrected chi connectivity index (χ4v) is 11.7. The van der Waals surface area contributed by atoms with E-state index in [1.54, 1.807) is 46.6 Å². The molecule has 1 unspecified atom stereocenters. The van der Waals surface area contributed by atoms with Crippen LogP contribution in [-0.2, 0) is 31.4 Å². The van der Waals surface area contributed by atoms with Crippen molar-refractivity contribution >= 4 is 67.1 Å². The van der Waals surface area contributed by atoms with Gasteiger partial charge in [0, 0.05) is 49.9 Å². The smallest absolute Gasteiger partial charge is 0.329 e. The number of carbonyl (C=O) groups excluding carboxylic acids is 2. The van der Waals surface area contributed by atoms with Crippen molar-refractivity contribution < 1.29 is 22.7 Å². The first-order chi connectivity index (χ1) is 30.8. The van der Waals surface area contributed by atoms with E-state index in [1.807, 2.05) is 13.0 Å². The van der Waals surface area contributed by atoms with Crippen molar-refractivity contribution in [3.05, 3.63) is 85.6 Å². The molecule has 5 heterocycles. The molecule has 2 aromatic carbocycles. The van der Waals surface area contributed by atoms with Gasteiger partial charge >= 0.3 is 5.69 Å². The molecule has 0 spiro atoms. The molecule has 0 radical (unpaired) electrons. The number of nitrogens with zero attached hydrogens (tertiary/aromatic N) is 6. The minimum atomic E-state index is -3.78. The van der Waals surface area contributed by atoms with Gasteiger partial charge in [0.2, 0.25) is 27.8 Å². The summed E-state index contributed by atoms with van der Waals surface area (Å²) < 4.78 is 40.2. The number of likely N-dealkylation sites (tertiary alicyclic amines) is 1. The van der Waals surface area contributed by atoms with Crippen LogP contribution in [0.4, 0.5) is 11.6 Å². The van der Waals surface area contributed by atoms with E-state index < -0.39 is 22.0 Å². The Balaban J connectivity index is 0.712. The Labute approximate surface area is 376 Å². The van der Waals surface area contributed by atoms with Crippen LogP contribution in [0.25, 0.3) is 22.1 Å². The van der Waals surface area contributed by atoms with Gasteiger partial charge in [0.15, 0.2) is 0 Å². The average molecular weight is 915 g/mol. The highest BCUT2D eigenvalue weighted by atomic mass is 35.5. The quantitative estimate of drug-likeness (QED) is 0.0931. The van der Waals surface area contributed by atoms with Crippen LogP contribution >= 0.6 is 11.6 Å². The first kappa shape index (κ1) is 44.3. The van der Waals surface area contributed by atoms with E-state index in [2.05, 4.69) is 37.4 Å². The largest absolute Gasteiger partial charge is 0.377 e. The number of carbonyl (C=O) groups is 2. The van der Waals surface area contributed by atoms with Crippen LogP contribution in [-0.4, -0.2) is 87.7 Å². The Morgan fingerprint density at radius 3 is 2.39 bits per heavy atom. The average Bonchev–Trinajstić information content (AvgIpc) is 3.90. The monoisotopic (exact) mass is 913 g/mol. The molecule has 340 valence electrons. The van der Waals surface area contributed by atoms with E-state index in [-0.39, 0.29) is 52.2 Å². The molecular formula is C46H56ClN9O7S. The number of imidazole rings is 1. The number of nitrogens with one attached hydrogen (secondary N) is 3. The molecule has 18 heteroatoms. The molecule has 4 fully saturated rings. The second kappa shape index (κ2) is 18.5. The lowest BCUT2D eigenvalue weighted by molar-refractivity contribution is -0.135. The van der Waals surface area contributed by atoms with Crippen molar-refractivity contribution in [1.29, 1.82) is 0 Å². The molecule has 4 aliphatic rings. The van der Waals surface area contributed by atoms with Crippen molar-refractivity contribution in [2.45, 2.75) is 113 Å². The van der Waals surface area contributed by atoms with Crippen LogP contribution in [0.1, 0.15) is 106 Å². The number of hydrogen-bond acceptors (Lipinski definition) is 11. The Bertz CT molecular complexity index is 2820. The summed E-state index contributed by atoms with van der Waals surface area (Å²) in [6, 6.07) is 11.9. The third kappa shape index (κ3) is 9.14. The highest BCUT2D eigenvalue weighted by molar-refractivity contribution is 7.89. The number of benzene rings is 2. The molecule has 64 heavy (non-hydrogen) atoms. The predicted molar refractivity (Wildman–Crippen MR) is 245 cm³/mol. The number of halogens is 1. The van der Waals surface area contributed by atoms with Crippen molar-refractivity contribution in [2.24, 2.45) is 13.0 Å². The maximum atomic E-state index is 13.3. The fourth-order valence-electron chi connectivity index (χ4n) is 10.4. The van der Waals surface area contributed by atoms with Gasteiger partial charge in [-0.3, -0.25) is 33.4 Å². The van der Waals surface area contributed by atoms with Crippen molar-refractivity contribution in [3.63, 3.8) is 0 Å². The van der Waals surface area contributed by atoms with Gasteiger partial charge in [0.1, 0.15) is 16.7 Å². The van der Waals surface area contributed by atoms with Crippen LogP contribution in [0.3, 0.4) is 0 Å². The number of fused-ring (bicyclic) bond motifs is 2. The van der Waals surface area contributed by atoms with Gasteiger partial charge in [0.05, 0.1) is 28.6 Å². The van der Waals surface area contributed by atoms with Crippen molar-refractivity contribution in [2.75, 3.05) is 38.1 Å². The molecule has 3 aromatic heterocycles. The lowest BCUT2D eigenvalue weighted by Gasteiger charge is -2.36. The molecule has 2 amide bonds. The van der Waals surface area contributed by atoms with E-state index in [0.717, 1.165) is 89.4 Å². The van der Waals surface area contributed by atoms with E-state index in [1.165, 1.54) is 10.1 Å². The SMILES string of the molecule is Cc1cc(S(=O)(=O)NCCO[C@H]2CC[C@H](CN3CCC(c4ccc5c(c4)n(C)c(=O)n5C4CCC(=O)NC4=O)CC3)CC2)ccc1Nc1ncc2cc(Cl)c(=O)n(C3CCCC3)c2n1. The summed E-state index contributed by atoms with van der Waals surface area (Å²) in [6.45, 7) is 5.35. The van der Waals surface area contributed by atoms with Gasteiger partial charge in [-0.25, -0.2) is 22.9 Å². The molecule has 2 aliphatic carbocycles. The third-order valence-corrected chi connectivity index (χ3v) is 15.7. The minimum Gasteiger partial charge on any atom is -0.377 e. The normalized spacial score (nSPS) is 21.8. The number of rotatable bonds is 13. The molecule has 2 saturated carbocycles. The second-order valence-electron chi connectivity index (χ2n) is 18.1. The number of anilines is 2. The van der Waals surface area contributed by atoms with Crippen LogP contribution < -0.4 is 26.6 Å². The second-order valence-corrected chi connectivity index (χ2v) is 20.3. The molecule has 16 nitrogen and oxygen atoms in total. The number of piperidine rings is 2. The molecule has 2 aliphatic heterocycles. The summed E-state index contributed by atoms with van der Waals surface area (Å²) in [6.07, 6.45) is 12.3. The standard InChI is InChI=1S/C46H56ClN9O7S/c1-28-23-35(12-13-37(28)50-45-48-26-32-24-36(47)44(59)55(42(32)52-45)33-5-3-4-6-33)64(61,62)49-19-22-63-34-10-7-29(8-11-34)27-54-20-17-30(18-21-54)31-9-14-38-40(25-31)53(2)46(60)56(38)39-15-16-41(57)51-43(39)58/h9,12-14,23-26,29-30,33-34,39,49H,3-8,10-11,15-22,27H2,1-2H3,(H,48,50,52)(H,51,57,58)/t29-,34-,39?. The summed E-state index contributed by atoms with van der Waals surface area (Å²) >= 11 is 6.29. The van der Waals surface area contributed by atoms with Gasteiger partial charge in [-0.15, -0.1) is 0 Å². The Hall–Kier alpha value is -4.94. The molecule has 3 N–H and O–H groups in total. The maximum Gasteiger partial charge on any atom is 0.329 e. The fraction of sp³-hybridized carbons (Fsp3) is 0.522. The number of pyridine rings is 1. The highest BCUT2D eigenvalue weighted by Crippen LogP contribution is 2.35. The summed E-state index contributed by atoms with van der Waals surface area (Å²) in [5, 5.41) is 6.40. The highest BCUT2D eigenvalue weighted by Gasteiger charge is 2.32. The molecule has 0 bridgehead atoms. The first-order valence-corrected chi connectivity index (χ1v) is 24.5. The lowest BCUT2D eigenvalue weighted by Crippen LogP contribution is -2.44. The summed E-state index contributed by atoms with van der Waals surface area (Å²) in [5.74, 6) is 0.557. The topological polar surface area (TPSA) is 192 Å². The molecule has 1 atom stereocenters. The zero-order valence-corrected chi connectivity index (χ0v) is 37.9. The van der Waals surface area contributed by atoms with Gasteiger partial charge in [-0.05, 0) is 137 Å². The number of amides is 2. The van der Waals surface area contributed by atoms with Crippen molar-refractivity contribution in [1.82, 2.24) is 38.6 Å². The van der Waals surface area contributed by atoms with Gasteiger partial charge in [-0.1, -0.05) is 30.5 Å². The van der Waals surface area contributed by atoms with Crippen molar-refractivity contribution in [3.8, 4) is 0 Å². The zero-order valence-electron chi connectivity index (χ0n) is 36.4. The third-order valence-electron chi connectivity index (χ3n) is 13.9.